The molecule has 1 N–H and O–H groups in total. The Morgan fingerprint density at radius 3 is 2.48 bits per heavy atom. The Morgan fingerprint density at radius 1 is 1.33 bits per heavy atom. The van der Waals surface area contributed by atoms with Crippen LogP contribution in [-0.2, 0) is 4.79 Å². The molecule has 2 aromatic rings. The van der Waals surface area contributed by atoms with Crippen molar-refractivity contribution in [1.82, 2.24) is 25.1 Å². The molecule has 0 bridgehead atoms. The van der Waals surface area contributed by atoms with Gasteiger partial charge in [-0.3, -0.25) is 4.79 Å². The number of benzene rings is 1. The van der Waals surface area contributed by atoms with Gasteiger partial charge in [-0.25, -0.2) is 9.48 Å². The van der Waals surface area contributed by atoms with Crippen LogP contribution in [0.5, 0.6) is 0 Å². The maximum absolute atomic E-state index is 12.3. The molecule has 1 atom stereocenters. The molecule has 0 fully saturated rings. The Kier molecular flexibility index (Phi) is 4.27. The van der Waals surface area contributed by atoms with Crippen LogP contribution in [0.2, 0.25) is 0 Å². The number of hydrogen-bond acceptors (Lipinski definition) is 5. The molecule has 8 heteroatoms. The van der Waals surface area contributed by atoms with E-state index in [9.17, 15) is 9.59 Å². The number of carboxylic acid groups (broad SMARTS) is 1. The maximum Gasteiger partial charge on any atom is 0.326 e. The second kappa shape index (κ2) is 6.12. The van der Waals surface area contributed by atoms with Crippen molar-refractivity contribution in [3.05, 3.63) is 36.2 Å². The highest BCUT2D eigenvalue weighted by Crippen LogP contribution is 2.12. The number of carbonyl (C=O) groups excluding carboxylic acids is 1. The minimum Gasteiger partial charge on any atom is -0.480 e. The van der Waals surface area contributed by atoms with Gasteiger partial charge in [-0.1, -0.05) is 6.92 Å². The summed E-state index contributed by atoms with van der Waals surface area (Å²) in [5.41, 5.74) is 1.12. The Labute approximate surface area is 121 Å². The molecular weight excluding hydrogens is 274 g/mol. The molecule has 0 aliphatic carbocycles. The molecule has 1 heterocycles. The van der Waals surface area contributed by atoms with Gasteiger partial charge in [0, 0.05) is 12.6 Å². The lowest BCUT2D eigenvalue weighted by atomic mass is 10.1. The molecule has 110 valence electrons. The van der Waals surface area contributed by atoms with E-state index in [1.54, 1.807) is 31.2 Å². The zero-order valence-electron chi connectivity index (χ0n) is 11.7. The van der Waals surface area contributed by atoms with Gasteiger partial charge in [-0.05, 0) is 41.1 Å². The van der Waals surface area contributed by atoms with Crippen LogP contribution in [0.1, 0.15) is 23.7 Å². The highest BCUT2D eigenvalue weighted by atomic mass is 16.4. The first-order valence-electron chi connectivity index (χ1n) is 6.38. The molecule has 0 spiro atoms. The fraction of sp³-hybridized carbons (Fsp3) is 0.308. The van der Waals surface area contributed by atoms with E-state index >= 15 is 0 Å². The van der Waals surface area contributed by atoms with Crippen molar-refractivity contribution in [2.45, 2.75) is 19.4 Å². The lowest BCUT2D eigenvalue weighted by molar-refractivity contribution is -0.142. The van der Waals surface area contributed by atoms with E-state index in [1.807, 2.05) is 0 Å². The Bertz CT molecular complexity index is 624. The minimum atomic E-state index is -1.02. The predicted octanol–water partition coefficient (Wildman–Crippen LogP) is 0.597. The van der Waals surface area contributed by atoms with Crippen molar-refractivity contribution in [2.75, 3.05) is 7.05 Å². The number of tetrazole rings is 1. The van der Waals surface area contributed by atoms with Crippen LogP contribution in [-0.4, -0.2) is 55.2 Å². The van der Waals surface area contributed by atoms with E-state index < -0.39 is 12.0 Å². The molecule has 1 amide bonds. The first kappa shape index (κ1) is 14.6. The highest BCUT2D eigenvalue weighted by molar-refractivity contribution is 5.96. The van der Waals surface area contributed by atoms with E-state index in [-0.39, 0.29) is 5.91 Å². The third-order valence-electron chi connectivity index (χ3n) is 3.19. The summed E-state index contributed by atoms with van der Waals surface area (Å²) in [5.74, 6) is -1.36. The van der Waals surface area contributed by atoms with E-state index in [0.29, 0.717) is 17.7 Å². The predicted molar refractivity (Wildman–Crippen MR) is 73.0 cm³/mol. The molecule has 2 rings (SSSR count). The van der Waals surface area contributed by atoms with Gasteiger partial charge in [-0.15, -0.1) is 5.10 Å². The molecule has 8 nitrogen and oxygen atoms in total. The van der Waals surface area contributed by atoms with Crippen LogP contribution in [0.3, 0.4) is 0 Å². The molecule has 1 unspecified atom stereocenters. The van der Waals surface area contributed by atoms with E-state index in [0.717, 1.165) is 0 Å². The monoisotopic (exact) mass is 289 g/mol. The molecule has 0 aliphatic rings. The van der Waals surface area contributed by atoms with E-state index in [1.165, 1.54) is 23.0 Å². The number of nitrogens with zero attached hydrogens (tertiary/aromatic N) is 5. The van der Waals surface area contributed by atoms with Crippen LogP contribution in [0.4, 0.5) is 0 Å². The summed E-state index contributed by atoms with van der Waals surface area (Å²) < 4.78 is 1.46. The van der Waals surface area contributed by atoms with E-state index in [4.69, 9.17) is 5.11 Å². The largest absolute Gasteiger partial charge is 0.480 e. The number of likely N-dealkylation sites (N-methyl/N-ethyl adjacent to an activating group) is 1. The minimum absolute atomic E-state index is 0.340. The number of hydrogen-bond donors (Lipinski definition) is 1. The standard InChI is InChI=1S/C13H15N5O3/c1-3-11(13(20)21)17(2)12(19)9-4-6-10(7-5-9)18-8-14-15-16-18/h4-8,11H,3H2,1-2H3,(H,20,21). The van der Waals surface area contributed by atoms with Crippen LogP contribution in [0.25, 0.3) is 5.69 Å². The molecule has 0 saturated carbocycles. The lowest BCUT2D eigenvalue weighted by Crippen LogP contribution is -2.41. The van der Waals surface area contributed by atoms with Crippen molar-refractivity contribution in [2.24, 2.45) is 0 Å². The number of aromatic nitrogens is 4. The van der Waals surface area contributed by atoms with Gasteiger partial charge in [0.1, 0.15) is 12.4 Å². The zero-order valence-corrected chi connectivity index (χ0v) is 11.7. The van der Waals surface area contributed by atoms with E-state index in [2.05, 4.69) is 15.5 Å². The summed E-state index contributed by atoms with van der Waals surface area (Å²) in [6, 6.07) is 5.78. The van der Waals surface area contributed by atoms with Crippen LogP contribution < -0.4 is 0 Å². The van der Waals surface area contributed by atoms with Crippen molar-refractivity contribution in [1.29, 1.82) is 0 Å². The second-order valence-corrected chi connectivity index (χ2v) is 4.48. The average molecular weight is 289 g/mol. The Balaban J connectivity index is 2.18. The van der Waals surface area contributed by atoms with Gasteiger partial charge in [0.2, 0.25) is 0 Å². The molecule has 21 heavy (non-hydrogen) atoms. The van der Waals surface area contributed by atoms with Crippen molar-refractivity contribution in [3.8, 4) is 5.69 Å². The molecular formula is C13H15N5O3. The first-order chi connectivity index (χ1) is 10.0. The molecule has 0 radical (unpaired) electrons. The summed E-state index contributed by atoms with van der Waals surface area (Å²) >= 11 is 0. The van der Waals surface area contributed by atoms with Gasteiger partial charge in [-0.2, -0.15) is 0 Å². The van der Waals surface area contributed by atoms with Gasteiger partial charge in [0.15, 0.2) is 0 Å². The summed E-state index contributed by atoms with van der Waals surface area (Å²) in [4.78, 5) is 24.6. The van der Waals surface area contributed by atoms with Gasteiger partial charge in [0.25, 0.3) is 5.91 Å². The molecule has 1 aromatic heterocycles. The summed E-state index contributed by atoms with van der Waals surface area (Å²) in [6.45, 7) is 1.73. The molecule has 0 aliphatic heterocycles. The van der Waals surface area contributed by atoms with Crippen LogP contribution >= 0.6 is 0 Å². The fourth-order valence-corrected chi connectivity index (χ4v) is 2.00. The highest BCUT2D eigenvalue weighted by Gasteiger charge is 2.25. The average Bonchev–Trinajstić information content (AvgIpc) is 3.01. The fourth-order valence-electron chi connectivity index (χ4n) is 2.00. The van der Waals surface area contributed by atoms with Gasteiger partial charge in [0.05, 0.1) is 5.69 Å². The molecule has 1 aromatic carbocycles. The second-order valence-electron chi connectivity index (χ2n) is 4.48. The molecule has 0 saturated heterocycles. The third-order valence-corrected chi connectivity index (χ3v) is 3.19. The van der Waals surface area contributed by atoms with Gasteiger partial charge < -0.3 is 10.0 Å². The zero-order chi connectivity index (χ0) is 15.4. The quantitative estimate of drug-likeness (QED) is 0.864. The number of carbonyl (C=O) groups is 2. The SMILES string of the molecule is CCC(C(=O)O)N(C)C(=O)c1ccc(-n2cnnn2)cc1. The van der Waals surface area contributed by atoms with Crippen LogP contribution in [0.15, 0.2) is 30.6 Å². The topological polar surface area (TPSA) is 101 Å². The first-order valence-corrected chi connectivity index (χ1v) is 6.38. The summed E-state index contributed by atoms with van der Waals surface area (Å²) in [6.07, 6.45) is 1.79. The number of carboxylic acids is 1. The van der Waals surface area contributed by atoms with Gasteiger partial charge >= 0.3 is 5.97 Å². The summed E-state index contributed by atoms with van der Waals surface area (Å²) in [7, 11) is 1.49. The Hall–Kier alpha value is -2.77. The normalized spacial score (nSPS) is 11.9. The third kappa shape index (κ3) is 3.04. The maximum atomic E-state index is 12.3. The van der Waals surface area contributed by atoms with Crippen molar-refractivity contribution >= 4 is 11.9 Å². The summed E-state index contributed by atoms with van der Waals surface area (Å²) in [5, 5.41) is 19.9. The van der Waals surface area contributed by atoms with Crippen molar-refractivity contribution in [3.63, 3.8) is 0 Å². The van der Waals surface area contributed by atoms with Crippen LogP contribution in [0, 0.1) is 0 Å². The number of amides is 1. The van der Waals surface area contributed by atoms with Crippen molar-refractivity contribution < 1.29 is 14.7 Å². The Morgan fingerprint density at radius 2 is 2.00 bits per heavy atom. The lowest BCUT2D eigenvalue weighted by Gasteiger charge is -2.23. The number of rotatable bonds is 5. The smallest absolute Gasteiger partial charge is 0.326 e. The number of aliphatic carboxylic acids is 1.